The van der Waals surface area contributed by atoms with Crippen molar-refractivity contribution in [3.05, 3.63) is 377 Å². The van der Waals surface area contributed by atoms with E-state index in [1.54, 1.807) is 24.8 Å². The Morgan fingerprint density at radius 1 is 0.143 bits per heavy atom. The van der Waals surface area contributed by atoms with Crippen LogP contribution in [0.25, 0.3) is 212 Å². The largest absolute Gasteiger partial charge is 0.264 e. The fraction of sp³-hybridized carbons (Fsp3) is 0. The summed E-state index contributed by atoms with van der Waals surface area (Å²) in [5, 5.41) is 8.69. The van der Waals surface area contributed by atoms with E-state index in [-0.39, 0.29) is 0 Å². The van der Waals surface area contributed by atoms with Crippen LogP contribution in [0.3, 0.4) is 0 Å². The quantitative estimate of drug-likeness (QED) is 0.107. The van der Waals surface area contributed by atoms with Crippen LogP contribution in [-0.2, 0) is 0 Å². The summed E-state index contributed by atoms with van der Waals surface area (Å²) in [5.41, 5.74) is 26.2. The molecule has 11 aromatic carbocycles. The Bertz CT molecular complexity index is 7060. The molecule has 10 heterocycles. The fourth-order valence-corrected chi connectivity index (χ4v) is 14.6. The lowest BCUT2D eigenvalue weighted by Gasteiger charge is -2.10. The monoisotopic (exact) mass is 1430 g/mol. The fourth-order valence-electron chi connectivity index (χ4n) is 14.6. The topological polar surface area (TPSA) is 155 Å². The average Bonchev–Trinajstić information content (AvgIpc) is 0.809. The molecule has 12 heteroatoms. The first-order chi connectivity index (χ1) is 55.4. The van der Waals surface area contributed by atoms with Gasteiger partial charge in [-0.05, 0) is 142 Å². The van der Waals surface area contributed by atoms with Crippen LogP contribution in [0.15, 0.2) is 377 Å². The minimum Gasteiger partial charge on any atom is -0.264 e. The summed E-state index contributed by atoms with van der Waals surface area (Å²) in [5.74, 6) is 1.12. The minimum absolute atomic E-state index is 0.537. The number of hydrogen-bond donors (Lipinski definition) is 0. The van der Waals surface area contributed by atoms with Gasteiger partial charge >= 0.3 is 0 Å². The highest BCUT2D eigenvalue weighted by Gasteiger charge is 2.18. The van der Waals surface area contributed by atoms with Crippen molar-refractivity contribution in [1.82, 2.24) is 59.8 Å². The van der Waals surface area contributed by atoms with Crippen molar-refractivity contribution >= 4 is 76.2 Å². The van der Waals surface area contributed by atoms with Crippen LogP contribution in [0.4, 0.5) is 0 Å². The summed E-state index contributed by atoms with van der Waals surface area (Å²) >= 11 is 0. The highest BCUT2D eigenvalue weighted by molar-refractivity contribution is 6.05. The number of pyridine rings is 8. The summed E-state index contributed by atoms with van der Waals surface area (Å²) in [6, 6.07) is 121. The molecule has 0 amide bonds. The Kier molecular flexibility index (Phi) is 16.9. The molecule has 10 aromatic heterocycles. The van der Waals surface area contributed by atoms with E-state index in [9.17, 15) is 0 Å². The van der Waals surface area contributed by atoms with Gasteiger partial charge in [0.05, 0.1) is 78.7 Å². The predicted octanol–water partition coefficient (Wildman–Crippen LogP) is 24.2. The molecule has 0 fully saturated rings. The maximum atomic E-state index is 5.22. The van der Waals surface area contributed by atoms with Gasteiger partial charge in [0, 0.05) is 102 Å². The molecule has 0 radical (unpaired) electrons. The third-order valence-electron chi connectivity index (χ3n) is 20.5. The number of rotatable bonds is 12. The molecule has 522 valence electrons. The molecule has 0 aliphatic heterocycles. The van der Waals surface area contributed by atoms with Crippen molar-refractivity contribution in [2.75, 3.05) is 0 Å². The molecule has 0 atom stereocenters. The zero-order valence-electron chi connectivity index (χ0n) is 60.2. The first kappa shape index (κ1) is 66.1. The molecular weight excluding hydrogens is 1370 g/mol. The summed E-state index contributed by atoms with van der Waals surface area (Å²) in [6.07, 6.45) is 7.11. The van der Waals surface area contributed by atoms with E-state index in [1.165, 1.54) is 5.56 Å². The van der Waals surface area contributed by atoms with Crippen LogP contribution in [0, 0.1) is 0 Å². The van der Waals surface area contributed by atoms with Gasteiger partial charge in [0.1, 0.15) is 11.4 Å². The molecule has 112 heavy (non-hydrogen) atoms. The second-order valence-electron chi connectivity index (χ2n) is 27.7. The summed E-state index contributed by atoms with van der Waals surface area (Å²) in [6.45, 7) is 0. The molecule has 0 spiro atoms. The third kappa shape index (κ3) is 13.3. The van der Waals surface area contributed by atoms with Gasteiger partial charge in [-0.3, -0.25) is 9.97 Å². The van der Waals surface area contributed by atoms with Gasteiger partial charge in [0.2, 0.25) is 0 Å². The lowest BCUT2D eigenvalue weighted by atomic mass is 9.98. The van der Waals surface area contributed by atoms with Crippen molar-refractivity contribution in [2.24, 2.45) is 0 Å². The van der Waals surface area contributed by atoms with Crippen LogP contribution in [0.1, 0.15) is 0 Å². The van der Waals surface area contributed by atoms with E-state index in [4.69, 9.17) is 49.8 Å². The van der Waals surface area contributed by atoms with E-state index in [0.717, 1.165) is 183 Å². The highest BCUT2D eigenvalue weighted by atomic mass is 14.9. The van der Waals surface area contributed by atoms with Crippen molar-refractivity contribution in [2.45, 2.75) is 0 Å². The van der Waals surface area contributed by atoms with Gasteiger partial charge in [0.15, 0.2) is 11.6 Å². The van der Waals surface area contributed by atoms with E-state index < -0.39 is 0 Å². The van der Waals surface area contributed by atoms with Crippen LogP contribution in [0.5, 0.6) is 0 Å². The third-order valence-corrected chi connectivity index (χ3v) is 20.5. The Morgan fingerprint density at radius 2 is 0.411 bits per heavy atom. The number of aromatic nitrogens is 12. The maximum Gasteiger partial charge on any atom is 0.179 e. The Balaban J connectivity index is 0.000000160. The number of nitrogens with zero attached hydrogens (tertiary/aromatic N) is 12. The Hall–Kier alpha value is -15.4. The smallest absolute Gasteiger partial charge is 0.179 e. The lowest BCUT2D eigenvalue weighted by Crippen LogP contribution is -1.98. The second kappa shape index (κ2) is 28.7. The normalized spacial score (nSPS) is 11.4. The Morgan fingerprint density at radius 3 is 0.821 bits per heavy atom. The van der Waals surface area contributed by atoms with Crippen LogP contribution in [-0.4, -0.2) is 59.8 Å². The number of fused-ring (bicyclic) bond motifs is 8. The van der Waals surface area contributed by atoms with Crippen molar-refractivity contribution < 1.29 is 0 Å². The van der Waals surface area contributed by atoms with E-state index in [0.29, 0.717) is 23.0 Å². The van der Waals surface area contributed by atoms with Gasteiger partial charge in [-0.15, -0.1) is 0 Å². The molecule has 21 rings (SSSR count). The molecule has 0 saturated heterocycles. The van der Waals surface area contributed by atoms with Gasteiger partial charge in [-0.1, -0.05) is 243 Å². The molecule has 0 bridgehead atoms. The summed E-state index contributed by atoms with van der Waals surface area (Å²) in [4.78, 5) is 59.2. The average molecular weight is 1430 g/mol. The molecule has 12 nitrogen and oxygen atoms in total. The minimum atomic E-state index is 0.537. The Labute approximate surface area is 644 Å². The molecule has 21 aromatic rings. The van der Waals surface area contributed by atoms with Crippen molar-refractivity contribution in [3.63, 3.8) is 0 Å². The summed E-state index contributed by atoms with van der Waals surface area (Å²) < 4.78 is 0. The highest BCUT2D eigenvalue weighted by Crippen LogP contribution is 2.37. The van der Waals surface area contributed by atoms with Gasteiger partial charge in [-0.25, -0.2) is 49.8 Å². The summed E-state index contributed by atoms with van der Waals surface area (Å²) in [7, 11) is 0. The van der Waals surface area contributed by atoms with Crippen LogP contribution < -0.4 is 0 Å². The lowest BCUT2D eigenvalue weighted by molar-refractivity contribution is 1.15. The molecular formula is C100H62N12. The zero-order valence-corrected chi connectivity index (χ0v) is 60.2. The SMILES string of the molecule is c1ccc(-c2cc(-c3ccccc3)nc(-c3ccc4ccc(-c5ccc6ccc(-c7ccc8cc(-c9ccc%10ccc%11ccc(-c%12ccccc%12)nc%11c%10n9)ccc8c7)cc6n5)cc4n3)n2)cc1.c1ccc(-c2ccc3ccc(-c4ccc5ccc(-c6nc(-c7cccnc7)cc(-c7cccnc7)n6)nc5c4)nc3c2)cc1. The molecule has 0 unspecified atom stereocenters. The van der Waals surface area contributed by atoms with Crippen molar-refractivity contribution in [3.8, 4) is 135 Å². The van der Waals surface area contributed by atoms with E-state index >= 15 is 0 Å². The number of benzene rings is 11. The zero-order chi connectivity index (χ0) is 74.3. The van der Waals surface area contributed by atoms with Crippen LogP contribution >= 0.6 is 0 Å². The molecule has 0 saturated carbocycles. The molecule has 0 aliphatic rings. The second-order valence-corrected chi connectivity index (χ2v) is 27.7. The van der Waals surface area contributed by atoms with E-state index in [2.05, 4.69) is 253 Å². The first-order valence-corrected chi connectivity index (χ1v) is 37.1. The standard InChI is InChI=1S/C62H38N6.C38H24N6/c1-4-10-39(11-5-1)52-31-28-44-18-19-45-29-32-54(66-61(45)60(44)65-52)50-25-23-46-34-47(21-22-48(46)35-50)49-20-16-42-26-30-53(63-56(42)36-49)51-24-17-43-27-33-55(64-57(43)37-51)62-67-58(40-12-6-2-7-13-40)38-59(68-62)41-14-8-3-9-15-41;1-2-6-25(7-3-1)28-12-10-26-14-16-32(41-34(26)20-28)29-13-11-27-15-17-33(42-35(27)21-29)38-43-36(30-8-4-18-39-23-30)22-37(44-38)31-9-5-19-40-24-31/h1-38H;1-24H. The number of hydrogen-bond acceptors (Lipinski definition) is 12. The van der Waals surface area contributed by atoms with Gasteiger partial charge < -0.3 is 0 Å². The van der Waals surface area contributed by atoms with Crippen LogP contribution in [0.2, 0.25) is 0 Å². The van der Waals surface area contributed by atoms with Gasteiger partial charge in [0.25, 0.3) is 0 Å². The maximum absolute atomic E-state index is 5.22. The molecule has 0 aliphatic carbocycles. The first-order valence-electron chi connectivity index (χ1n) is 37.1. The van der Waals surface area contributed by atoms with Gasteiger partial charge in [-0.2, -0.15) is 0 Å². The molecule has 0 N–H and O–H groups in total. The predicted molar refractivity (Wildman–Crippen MR) is 454 cm³/mol. The van der Waals surface area contributed by atoms with Crippen molar-refractivity contribution in [1.29, 1.82) is 0 Å². The van der Waals surface area contributed by atoms with E-state index in [1.807, 2.05) is 109 Å².